The lowest BCUT2D eigenvalue weighted by atomic mass is 11.1. The van der Waals surface area contributed by atoms with E-state index in [1.807, 2.05) is 0 Å². The van der Waals surface area contributed by atoms with Gasteiger partial charge in [-0.3, -0.25) is 0 Å². The molecule has 0 bridgehead atoms. The Morgan fingerprint density at radius 1 is 1.44 bits per heavy atom. The second-order valence-electron chi connectivity index (χ2n) is 1.04. The molecule has 0 fully saturated rings. The molecule has 6 heteroatoms. The van der Waals surface area contributed by atoms with Gasteiger partial charge < -0.3 is 4.74 Å². The summed E-state index contributed by atoms with van der Waals surface area (Å²) in [6.45, 7) is 0. The third kappa shape index (κ3) is 5.05. The fourth-order valence-corrected chi connectivity index (χ4v) is 0.145. The third-order valence-corrected chi connectivity index (χ3v) is 0.383. The topological polar surface area (TPSA) is 21.6 Å². The van der Waals surface area contributed by atoms with Crippen LogP contribution < -0.4 is 0 Å². The average molecular weight is 145 g/mol. The van der Waals surface area contributed by atoms with Gasteiger partial charge in [0.25, 0.3) is 0 Å². The number of halogens is 4. The van der Waals surface area contributed by atoms with Crippen LogP contribution >= 0.6 is 0 Å². The van der Waals surface area contributed by atoms with Crippen LogP contribution in [0.3, 0.4) is 0 Å². The van der Waals surface area contributed by atoms with E-state index in [4.69, 9.17) is 0 Å². The Labute approximate surface area is 48.1 Å². The lowest BCUT2D eigenvalue weighted by molar-refractivity contribution is -0.121. The quantitative estimate of drug-likeness (QED) is 0.219. The molecule has 0 saturated carbocycles. The highest BCUT2D eigenvalue weighted by molar-refractivity contribution is 5.65. The number of methoxy groups -OCH3 is 1. The van der Waals surface area contributed by atoms with Gasteiger partial charge in [-0.1, -0.05) is 0 Å². The van der Waals surface area contributed by atoms with Crippen molar-refractivity contribution in [3.05, 3.63) is 0 Å². The Kier molecular flexibility index (Phi) is 2.41. The Hall–Kier alpha value is -0.810. The van der Waals surface area contributed by atoms with Gasteiger partial charge in [-0.2, -0.15) is 0 Å². The SMILES string of the molecule is COC(F)=NC(F)(F)F. The maximum absolute atomic E-state index is 11.4. The summed E-state index contributed by atoms with van der Waals surface area (Å²) in [4.78, 5) is 1.56. The number of ether oxygens (including phenoxy) is 1. The van der Waals surface area contributed by atoms with E-state index in [2.05, 4.69) is 4.74 Å². The summed E-state index contributed by atoms with van der Waals surface area (Å²) in [6.07, 6.45) is -6.78. The summed E-state index contributed by atoms with van der Waals surface area (Å²) in [5.41, 5.74) is 0. The van der Waals surface area contributed by atoms with E-state index < -0.39 is 12.5 Å². The van der Waals surface area contributed by atoms with Crippen LogP contribution in [-0.4, -0.2) is 19.6 Å². The molecular formula is C3H3F4NO. The van der Waals surface area contributed by atoms with Gasteiger partial charge >= 0.3 is 12.5 Å². The van der Waals surface area contributed by atoms with E-state index in [9.17, 15) is 17.6 Å². The Bertz CT molecular complexity index is 117. The summed E-state index contributed by atoms with van der Waals surface area (Å²) in [6, 6.07) is 0. The highest BCUT2D eigenvalue weighted by Gasteiger charge is 2.27. The zero-order chi connectivity index (χ0) is 7.49. The van der Waals surface area contributed by atoms with Crippen molar-refractivity contribution < 1.29 is 22.3 Å². The van der Waals surface area contributed by atoms with Crippen LogP contribution in [0, 0.1) is 0 Å². The molecule has 0 spiro atoms. The average Bonchev–Trinajstić information content (AvgIpc) is 1.62. The molecule has 0 N–H and O–H groups in total. The van der Waals surface area contributed by atoms with Gasteiger partial charge in [0.1, 0.15) is 0 Å². The highest BCUT2D eigenvalue weighted by atomic mass is 19.4. The molecule has 54 valence electrons. The van der Waals surface area contributed by atoms with Crippen LogP contribution in [0.5, 0.6) is 0 Å². The maximum atomic E-state index is 11.4. The molecule has 0 radical (unpaired) electrons. The Balaban J connectivity index is 3.95. The number of alkyl halides is 3. The first kappa shape index (κ1) is 8.19. The van der Waals surface area contributed by atoms with E-state index in [0.717, 1.165) is 7.11 Å². The van der Waals surface area contributed by atoms with Gasteiger partial charge in [-0.05, 0) is 0 Å². The summed E-state index contributed by atoms with van der Waals surface area (Å²) in [5.74, 6) is 0. The minimum absolute atomic E-state index is 0.755. The minimum atomic E-state index is -4.89. The monoisotopic (exact) mass is 145 g/mol. The lowest BCUT2D eigenvalue weighted by Crippen LogP contribution is -2.06. The van der Waals surface area contributed by atoms with Crippen molar-refractivity contribution in [1.82, 2.24) is 0 Å². The van der Waals surface area contributed by atoms with Gasteiger partial charge in [-0.25, -0.2) is 0 Å². The first-order valence-electron chi connectivity index (χ1n) is 1.82. The maximum Gasteiger partial charge on any atom is 0.508 e. The van der Waals surface area contributed by atoms with Crippen LogP contribution in [0.2, 0.25) is 0 Å². The first-order valence-corrected chi connectivity index (χ1v) is 1.82. The molecular weight excluding hydrogens is 142 g/mol. The van der Waals surface area contributed by atoms with Crippen molar-refractivity contribution in [2.75, 3.05) is 7.11 Å². The van der Waals surface area contributed by atoms with Crippen molar-refractivity contribution in [2.45, 2.75) is 6.30 Å². The van der Waals surface area contributed by atoms with Crippen molar-refractivity contribution >= 4 is 6.15 Å². The fraction of sp³-hybridized carbons (Fsp3) is 0.667. The van der Waals surface area contributed by atoms with Crippen molar-refractivity contribution in [3.63, 3.8) is 0 Å². The zero-order valence-corrected chi connectivity index (χ0v) is 4.37. The van der Waals surface area contributed by atoms with Crippen LogP contribution in [0.25, 0.3) is 0 Å². The Morgan fingerprint density at radius 3 is 2.00 bits per heavy atom. The minimum Gasteiger partial charge on any atom is -0.460 e. The smallest absolute Gasteiger partial charge is 0.460 e. The molecule has 0 unspecified atom stereocenters. The third-order valence-electron chi connectivity index (χ3n) is 0.383. The molecule has 0 aromatic carbocycles. The molecule has 0 aromatic heterocycles. The highest BCUT2D eigenvalue weighted by Crippen LogP contribution is 2.16. The van der Waals surface area contributed by atoms with Crippen LogP contribution in [0.1, 0.15) is 0 Å². The van der Waals surface area contributed by atoms with Crippen molar-refractivity contribution in [3.8, 4) is 0 Å². The molecule has 0 amide bonds. The summed E-state index contributed by atoms with van der Waals surface area (Å²) >= 11 is 0. The lowest BCUT2D eigenvalue weighted by Gasteiger charge is -1.96. The largest absolute Gasteiger partial charge is 0.508 e. The van der Waals surface area contributed by atoms with E-state index in [-0.39, 0.29) is 0 Å². The number of rotatable bonds is 0. The normalized spacial score (nSPS) is 13.7. The predicted molar refractivity (Wildman–Crippen MR) is 21.6 cm³/mol. The molecule has 0 rings (SSSR count). The Morgan fingerprint density at radius 2 is 1.89 bits per heavy atom. The molecule has 0 aromatic rings. The van der Waals surface area contributed by atoms with Gasteiger partial charge in [0, 0.05) is 0 Å². The van der Waals surface area contributed by atoms with E-state index >= 15 is 0 Å². The van der Waals surface area contributed by atoms with Crippen LogP contribution in [0.15, 0.2) is 4.99 Å². The number of aliphatic imine (C=N–C) groups is 1. The number of nitrogens with zero attached hydrogens (tertiary/aromatic N) is 1. The van der Waals surface area contributed by atoms with Crippen LogP contribution in [-0.2, 0) is 4.74 Å². The van der Waals surface area contributed by atoms with Gasteiger partial charge in [0.2, 0.25) is 0 Å². The summed E-state index contributed by atoms with van der Waals surface area (Å²) in [5, 5.41) is 0. The predicted octanol–water partition coefficient (Wildman–Crippen LogP) is 1.48. The summed E-state index contributed by atoms with van der Waals surface area (Å²) < 4.78 is 47.9. The van der Waals surface area contributed by atoms with E-state index in [1.165, 1.54) is 0 Å². The second-order valence-corrected chi connectivity index (χ2v) is 1.04. The molecule has 0 aliphatic rings. The fourth-order valence-electron chi connectivity index (χ4n) is 0.145. The number of hydrogen-bond donors (Lipinski definition) is 0. The van der Waals surface area contributed by atoms with Gasteiger partial charge in [0.05, 0.1) is 7.11 Å². The number of hydrogen-bond acceptors (Lipinski definition) is 2. The standard InChI is InChI=1S/C3H3F4NO/c1-9-2(4)8-3(5,6)7/h1H3. The summed E-state index contributed by atoms with van der Waals surface area (Å²) in [7, 11) is 0.755. The van der Waals surface area contributed by atoms with Crippen molar-refractivity contribution in [1.29, 1.82) is 0 Å². The van der Waals surface area contributed by atoms with Crippen molar-refractivity contribution in [2.24, 2.45) is 4.99 Å². The molecule has 0 heterocycles. The van der Waals surface area contributed by atoms with E-state index in [1.54, 1.807) is 4.99 Å². The zero-order valence-electron chi connectivity index (χ0n) is 4.37. The van der Waals surface area contributed by atoms with Gasteiger partial charge in [0.15, 0.2) is 0 Å². The molecule has 9 heavy (non-hydrogen) atoms. The second kappa shape index (κ2) is 2.65. The molecule has 0 atom stereocenters. The van der Waals surface area contributed by atoms with Gasteiger partial charge in [-0.15, -0.1) is 22.6 Å². The molecule has 2 nitrogen and oxygen atoms in total. The molecule has 0 aliphatic heterocycles. The van der Waals surface area contributed by atoms with Crippen LogP contribution in [0.4, 0.5) is 17.6 Å². The first-order chi connectivity index (χ1) is 3.95. The molecule has 0 aliphatic carbocycles. The molecule has 0 saturated heterocycles. The van der Waals surface area contributed by atoms with E-state index in [0.29, 0.717) is 0 Å².